The van der Waals surface area contributed by atoms with E-state index in [0.29, 0.717) is 0 Å². The quantitative estimate of drug-likeness (QED) is 0.132. The molecule has 0 saturated carbocycles. The third-order valence-electron chi connectivity index (χ3n) is 8.20. The normalized spacial score (nSPS) is 13.6. The number of aryl methyl sites for hydroxylation is 1. The van der Waals surface area contributed by atoms with Gasteiger partial charge in [0.05, 0.1) is 0 Å². The summed E-state index contributed by atoms with van der Waals surface area (Å²) in [4.78, 5) is 27.2. The molecule has 0 fully saturated rings. The van der Waals surface area contributed by atoms with Crippen molar-refractivity contribution >= 4 is 22.1 Å². The Morgan fingerprint density at radius 2 is 1.34 bits per heavy atom. The Labute approximate surface area is 273 Å². The van der Waals surface area contributed by atoms with E-state index in [-0.39, 0.29) is 35.3 Å². The van der Waals surface area contributed by atoms with Crippen LogP contribution in [0.25, 0.3) is 11.1 Å². The fourth-order valence-corrected chi connectivity index (χ4v) is 6.71. The van der Waals surface area contributed by atoms with E-state index in [2.05, 4.69) is 0 Å². The zero-order valence-corrected chi connectivity index (χ0v) is 26.4. The number of fused-ring (bicyclic) bond motifs is 3. The first-order chi connectivity index (χ1) is 22.7. The molecule has 0 bridgehead atoms. The van der Waals surface area contributed by atoms with Gasteiger partial charge in [0.25, 0.3) is 0 Å². The molecule has 9 heteroatoms. The number of ether oxygens (including phenoxy) is 2. The number of carbonyl (C=O) groups excluding carboxylic acids is 2. The number of hydrogen-bond donors (Lipinski definition) is 1. The van der Waals surface area contributed by atoms with Crippen molar-refractivity contribution in [3.63, 3.8) is 0 Å². The lowest BCUT2D eigenvalue weighted by molar-refractivity contribution is -0.154. The average molecular weight is 648 g/mol. The Hall–Kier alpha value is -5.25. The van der Waals surface area contributed by atoms with Gasteiger partial charge in [0, 0.05) is 5.92 Å². The van der Waals surface area contributed by atoms with E-state index in [1.165, 1.54) is 30.3 Å². The molecule has 0 aromatic heterocycles. The molecule has 238 valence electrons. The fraction of sp³-hybridized carbons (Fsp3) is 0.158. The topological polar surface area (TPSA) is 122 Å². The highest BCUT2D eigenvalue weighted by Crippen LogP contribution is 2.44. The van der Waals surface area contributed by atoms with Crippen LogP contribution in [-0.2, 0) is 35.8 Å². The van der Waals surface area contributed by atoms with E-state index < -0.39 is 34.0 Å². The minimum Gasteiger partial charge on any atom is -0.463 e. The minimum absolute atomic E-state index is 0.0181. The van der Waals surface area contributed by atoms with Crippen LogP contribution in [0.2, 0.25) is 0 Å². The summed E-state index contributed by atoms with van der Waals surface area (Å²) in [6, 6.07) is 35.7. The second-order valence-electron chi connectivity index (χ2n) is 11.4. The Morgan fingerprint density at radius 3 is 2.00 bits per heavy atom. The molecule has 6 rings (SSSR count). The van der Waals surface area contributed by atoms with Gasteiger partial charge in [-0.1, -0.05) is 109 Å². The Bertz CT molecular complexity index is 1960. The van der Waals surface area contributed by atoms with Gasteiger partial charge in [-0.15, -0.1) is 0 Å². The lowest BCUT2D eigenvalue weighted by Gasteiger charge is -2.23. The van der Waals surface area contributed by atoms with Crippen LogP contribution in [-0.4, -0.2) is 33.0 Å². The molecule has 0 spiro atoms. The first-order valence-corrected chi connectivity index (χ1v) is 16.5. The van der Waals surface area contributed by atoms with Crippen LogP contribution < -0.4 is 9.92 Å². The van der Waals surface area contributed by atoms with Gasteiger partial charge in [-0.25, -0.2) is 0 Å². The summed E-state index contributed by atoms with van der Waals surface area (Å²) in [5, 5.41) is 0. The van der Waals surface area contributed by atoms with Gasteiger partial charge in [0.2, 0.25) is 0 Å². The fourth-order valence-electron chi connectivity index (χ4n) is 5.79. The molecular formula is C38H33NO7S. The van der Waals surface area contributed by atoms with E-state index in [4.69, 9.17) is 19.4 Å². The van der Waals surface area contributed by atoms with Crippen molar-refractivity contribution < 1.29 is 31.7 Å². The van der Waals surface area contributed by atoms with E-state index in [1.807, 2.05) is 73.7 Å². The molecule has 0 radical (unpaired) electrons. The van der Waals surface area contributed by atoms with Gasteiger partial charge < -0.3 is 19.4 Å². The molecule has 0 heterocycles. The smallest absolute Gasteiger partial charge is 0.339 e. The van der Waals surface area contributed by atoms with Crippen molar-refractivity contribution in [2.45, 2.75) is 36.3 Å². The summed E-state index contributed by atoms with van der Waals surface area (Å²) in [6.45, 7) is 1.81. The number of nitrogens with two attached hydrogens (primary N) is 1. The van der Waals surface area contributed by atoms with E-state index in [9.17, 15) is 18.0 Å². The summed E-state index contributed by atoms with van der Waals surface area (Å²) in [5.41, 5.74) is 12.6. The highest BCUT2D eigenvalue weighted by molar-refractivity contribution is 7.87. The van der Waals surface area contributed by atoms with Gasteiger partial charge >= 0.3 is 22.1 Å². The molecule has 2 unspecified atom stereocenters. The first kappa shape index (κ1) is 31.7. The zero-order valence-electron chi connectivity index (χ0n) is 25.6. The predicted octanol–water partition coefficient (Wildman–Crippen LogP) is 6.27. The van der Waals surface area contributed by atoms with Crippen LogP contribution in [0.1, 0.15) is 39.7 Å². The molecule has 5 aromatic rings. The maximum atomic E-state index is 13.6. The third kappa shape index (κ3) is 6.96. The van der Waals surface area contributed by atoms with Crippen molar-refractivity contribution in [3.05, 3.63) is 155 Å². The highest BCUT2D eigenvalue weighted by atomic mass is 32.2. The number of rotatable bonds is 11. The molecule has 0 aliphatic heterocycles. The second-order valence-corrected chi connectivity index (χ2v) is 12.9. The number of hydrogen-bond acceptors (Lipinski definition) is 8. The van der Waals surface area contributed by atoms with Crippen molar-refractivity contribution in [2.24, 2.45) is 5.73 Å². The van der Waals surface area contributed by atoms with Crippen LogP contribution in [0.5, 0.6) is 5.75 Å². The Balaban J connectivity index is 1.24. The van der Waals surface area contributed by atoms with E-state index in [1.54, 1.807) is 30.3 Å². The highest BCUT2D eigenvalue weighted by Gasteiger charge is 2.37. The van der Waals surface area contributed by atoms with Gasteiger partial charge in [0.15, 0.2) is 0 Å². The minimum atomic E-state index is -4.18. The van der Waals surface area contributed by atoms with Crippen LogP contribution in [0.4, 0.5) is 0 Å². The summed E-state index contributed by atoms with van der Waals surface area (Å²) in [7, 11) is -4.18. The first-order valence-electron chi connectivity index (χ1n) is 15.1. The maximum absolute atomic E-state index is 13.6. The van der Waals surface area contributed by atoms with E-state index in [0.717, 1.165) is 33.4 Å². The molecule has 2 atom stereocenters. The summed E-state index contributed by atoms with van der Waals surface area (Å²) in [6.07, 6.45) is 0. The maximum Gasteiger partial charge on any atom is 0.339 e. The molecule has 1 aliphatic rings. The van der Waals surface area contributed by atoms with Gasteiger partial charge in [-0.3, -0.25) is 9.59 Å². The molecule has 5 aromatic carbocycles. The van der Waals surface area contributed by atoms with Crippen molar-refractivity contribution in [1.29, 1.82) is 0 Å². The standard InChI is InChI=1S/C38H33NO7S/c1-25-18-20-29(21-19-25)47(42,43)46-28-13-9-12-27(22-28)35(37(40)44-23-26-10-3-2-4-11-26)36(39)38(41)45-24-34-32-16-7-5-14-30(32)31-15-6-8-17-33(31)34/h2-22,34-36H,23-24,39H2,1H3. The monoisotopic (exact) mass is 647 g/mol. The number of benzene rings is 5. The van der Waals surface area contributed by atoms with Crippen molar-refractivity contribution in [3.8, 4) is 16.9 Å². The third-order valence-corrected chi connectivity index (χ3v) is 9.46. The SMILES string of the molecule is Cc1ccc(S(=O)(=O)Oc2cccc(C(C(=O)OCc3ccccc3)C(N)C(=O)OCC3c4ccccc4-c4ccccc43)c2)cc1. The summed E-state index contributed by atoms with van der Waals surface area (Å²) in [5.74, 6) is -3.14. The van der Waals surface area contributed by atoms with Crippen molar-refractivity contribution in [2.75, 3.05) is 6.61 Å². The van der Waals surface area contributed by atoms with E-state index >= 15 is 0 Å². The van der Waals surface area contributed by atoms with Crippen LogP contribution in [0.3, 0.4) is 0 Å². The molecule has 1 aliphatic carbocycles. The largest absolute Gasteiger partial charge is 0.463 e. The van der Waals surface area contributed by atoms with Gasteiger partial charge in [-0.05, 0) is 64.6 Å². The molecule has 47 heavy (non-hydrogen) atoms. The summed E-state index contributed by atoms with van der Waals surface area (Å²) < 4.78 is 42.8. The molecular weight excluding hydrogens is 614 g/mol. The van der Waals surface area contributed by atoms with Crippen LogP contribution in [0, 0.1) is 6.92 Å². The number of carbonyl (C=O) groups is 2. The number of esters is 2. The molecule has 0 amide bonds. The zero-order chi connectivity index (χ0) is 33.0. The lowest BCUT2D eigenvalue weighted by atomic mass is 9.91. The molecule has 8 nitrogen and oxygen atoms in total. The van der Waals surface area contributed by atoms with Crippen LogP contribution in [0.15, 0.2) is 132 Å². The van der Waals surface area contributed by atoms with Gasteiger partial charge in [0.1, 0.15) is 35.8 Å². The average Bonchev–Trinajstić information content (AvgIpc) is 3.40. The predicted molar refractivity (Wildman–Crippen MR) is 177 cm³/mol. The lowest BCUT2D eigenvalue weighted by Crippen LogP contribution is -2.42. The van der Waals surface area contributed by atoms with Crippen molar-refractivity contribution in [1.82, 2.24) is 0 Å². The second kappa shape index (κ2) is 13.6. The Kier molecular flexibility index (Phi) is 9.19. The molecule has 0 saturated heterocycles. The Morgan fingerprint density at radius 1 is 0.723 bits per heavy atom. The summed E-state index contributed by atoms with van der Waals surface area (Å²) >= 11 is 0. The van der Waals surface area contributed by atoms with Crippen LogP contribution >= 0.6 is 0 Å². The van der Waals surface area contributed by atoms with Gasteiger partial charge in [-0.2, -0.15) is 8.42 Å². The molecule has 2 N–H and O–H groups in total.